The monoisotopic (exact) mass is 265 g/mol. The highest BCUT2D eigenvalue weighted by Gasteiger charge is 2.17. The first-order chi connectivity index (χ1) is 7.45. The largest absolute Gasteiger partial charge is 0.468 e. The Morgan fingerprint density at radius 2 is 2.19 bits per heavy atom. The summed E-state index contributed by atoms with van der Waals surface area (Å²) in [5.41, 5.74) is 5.91. The predicted octanol–water partition coefficient (Wildman–Crippen LogP) is 2.18. The number of esters is 1. The van der Waals surface area contributed by atoms with Gasteiger partial charge in [0.1, 0.15) is 11.9 Å². The van der Waals surface area contributed by atoms with Crippen LogP contribution in [0.3, 0.4) is 0 Å². The van der Waals surface area contributed by atoms with Crippen molar-refractivity contribution in [3.05, 3.63) is 33.6 Å². The van der Waals surface area contributed by atoms with E-state index in [-0.39, 0.29) is 16.5 Å². The number of halogens is 3. The van der Waals surface area contributed by atoms with Gasteiger partial charge in [-0.3, -0.25) is 4.79 Å². The van der Waals surface area contributed by atoms with Crippen molar-refractivity contribution in [2.75, 3.05) is 7.11 Å². The van der Waals surface area contributed by atoms with Gasteiger partial charge in [-0.25, -0.2) is 4.39 Å². The Labute approximate surface area is 102 Å². The van der Waals surface area contributed by atoms with Crippen LogP contribution < -0.4 is 5.73 Å². The number of carbonyl (C=O) groups excluding carboxylic acids is 1. The molecular weight excluding hydrogens is 256 g/mol. The maximum Gasteiger partial charge on any atom is 0.322 e. The molecule has 0 saturated carbocycles. The molecule has 88 valence electrons. The number of rotatable bonds is 3. The lowest BCUT2D eigenvalue weighted by atomic mass is 10.1. The van der Waals surface area contributed by atoms with Crippen molar-refractivity contribution in [3.63, 3.8) is 0 Å². The Hall–Kier alpha value is -0.840. The molecule has 2 N–H and O–H groups in total. The van der Waals surface area contributed by atoms with Crippen LogP contribution in [0, 0.1) is 5.82 Å². The molecule has 0 bridgehead atoms. The summed E-state index contributed by atoms with van der Waals surface area (Å²) >= 11 is 11.4. The number of ether oxygens (including phenoxy) is 1. The highest BCUT2D eigenvalue weighted by Crippen LogP contribution is 2.25. The molecule has 0 unspecified atom stereocenters. The standard InChI is InChI=1S/C10H10Cl2FNO2/c1-16-10(15)8(14)3-5-2-6(11)4-7(13)9(5)12/h2,4,8H,3,14H2,1H3/t8-/m0/s1. The fraction of sp³-hybridized carbons (Fsp3) is 0.300. The number of nitrogens with two attached hydrogens (primary N) is 1. The Morgan fingerprint density at radius 1 is 1.56 bits per heavy atom. The lowest BCUT2D eigenvalue weighted by molar-refractivity contribution is -0.142. The van der Waals surface area contributed by atoms with Gasteiger partial charge in [0.25, 0.3) is 0 Å². The molecule has 1 atom stereocenters. The van der Waals surface area contributed by atoms with Crippen LogP contribution in [0.5, 0.6) is 0 Å². The zero-order chi connectivity index (χ0) is 12.3. The molecule has 0 aliphatic heterocycles. The van der Waals surface area contributed by atoms with Crippen LogP contribution in [0.4, 0.5) is 4.39 Å². The van der Waals surface area contributed by atoms with E-state index in [4.69, 9.17) is 28.9 Å². The molecular formula is C10H10Cl2FNO2. The van der Waals surface area contributed by atoms with E-state index in [1.54, 1.807) is 0 Å². The summed E-state index contributed by atoms with van der Waals surface area (Å²) in [4.78, 5) is 11.1. The van der Waals surface area contributed by atoms with Crippen molar-refractivity contribution >= 4 is 29.2 Å². The van der Waals surface area contributed by atoms with E-state index < -0.39 is 17.8 Å². The first-order valence-corrected chi connectivity index (χ1v) is 5.18. The SMILES string of the molecule is COC(=O)[C@@H](N)Cc1cc(Cl)cc(F)c1Cl. The summed E-state index contributed by atoms with van der Waals surface area (Å²) in [5, 5.41) is 0.123. The summed E-state index contributed by atoms with van der Waals surface area (Å²) in [6.07, 6.45) is 0.0724. The Balaban J connectivity index is 2.93. The zero-order valence-electron chi connectivity index (χ0n) is 8.47. The van der Waals surface area contributed by atoms with E-state index in [2.05, 4.69) is 4.74 Å². The molecule has 16 heavy (non-hydrogen) atoms. The van der Waals surface area contributed by atoms with Crippen molar-refractivity contribution in [3.8, 4) is 0 Å². The van der Waals surface area contributed by atoms with Crippen LogP contribution >= 0.6 is 23.2 Å². The average molecular weight is 266 g/mol. The lowest BCUT2D eigenvalue weighted by Gasteiger charge is -2.11. The molecule has 0 saturated heterocycles. The third-order valence-corrected chi connectivity index (χ3v) is 2.65. The first kappa shape index (κ1) is 13.2. The van der Waals surface area contributed by atoms with Gasteiger partial charge in [0.15, 0.2) is 0 Å². The van der Waals surface area contributed by atoms with Crippen LogP contribution in [0.25, 0.3) is 0 Å². The number of benzene rings is 1. The van der Waals surface area contributed by atoms with Crippen molar-refractivity contribution in [1.29, 1.82) is 0 Å². The molecule has 0 aromatic heterocycles. The Kier molecular flexibility index (Phi) is 4.53. The lowest BCUT2D eigenvalue weighted by Crippen LogP contribution is -2.33. The second-order valence-electron chi connectivity index (χ2n) is 3.19. The van der Waals surface area contributed by atoms with Gasteiger partial charge in [0.2, 0.25) is 0 Å². The summed E-state index contributed by atoms with van der Waals surface area (Å²) < 4.78 is 17.7. The summed E-state index contributed by atoms with van der Waals surface area (Å²) in [5.74, 6) is -1.22. The minimum atomic E-state index is -0.889. The smallest absolute Gasteiger partial charge is 0.322 e. The zero-order valence-corrected chi connectivity index (χ0v) is 9.98. The number of carbonyl (C=O) groups is 1. The molecule has 3 nitrogen and oxygen atoms in total. The van der Waals surface area contributed by atoms with E-state index in [9.17, 15) is 9.18 Å². The van der Waals surface area contributed by atoms with E-state index in [0.717, 1.165) is 6.07 Å². The van der Waals surface area contributed by atoms with Crippen LogP contribution in [0.2, 0.25) is 10.0 Å². The van der Waals surface area contributed by atoms with Gasteiger partial charge in [0, 0.05) is 5.02 Å². The van der Waals surface area contributed by atoms with Gasteiger partial charge in [-0.05, 0) is 24.1 Å². The van der Waals surface area contributed by atoms with E-state index in [1.165, 1.54) is 13.2 Å². The molecule has 1 aromatic carbocycles. The average Bonchev–Trinajstić information content (AvgIpc) is 2.23. The second-order valence-corrected chi connectivity index (χ2v) is 4.01. The molecule has 0 fully saturated rings. The van der Waals surface area contributed by atoms with Gasteiger partial charge >= 0.3 is 5.97 Å². The van der Waals surface area contributed by atoms with Gasteiger partial charge in [-0.15, -0.1) is 0 Å². The fourth-order valence-electron chi connectivity index (χ4n) is 1.23. The second kappa shape index (κ2) is 5.48. The molecule has 1 rings (SSSR count). The molecule has 0 amide bonds. The van der Waals surface area contributed by atoms with Crippen molar-refractivity contribution in [2.45, 2.75) is 12.5 Å². The number of methoxy groups -OCH3 is 1. The maximum atomic E-state index is 13.2. The quantitative estimate of drug-likeness (QED) is 0.673. The van der Waals surface area contributed by atoms with Crippen LogP contribution in [-0.4, -0.2) is 19.1 Å². The van der Waals surface area contributed by atoms with Gasteiger partial charge in [0.05, 0.1) is 12.1 Å². The summed E-state index contributed by atoms with van der Waals surface area (Å²) in [7, 11) is 1.22. The van der Waals surface area contributed by atoms with E-state index in [1.807, 2.05) is 0 Å². The molecule has 0 spiro atoms. The minimum Gasteiger partial charge on any atom is -0.468 e. The highest BCUT2D eigenvalue weighted by molar-refractivity contribution is 6.33. The van der Waals surface area contributed by atoms with Crippen LogP contribution in [-0.2, 0) is 16.0 Å². The normalized spacial score (nSPS) is 12.3. The first-order valence-electron chi connectivity index (χ1n) is 4.42. The molecule has 0 heterocycles. The van der Waals surface area contributed by atoms with Crippen LogP contribution in [0.15, 0.2) is 12.1 Å². The number of hydrogen-bond donors (Lipinski definition) is 1. The fourth-order valence-corrected chi connectivity index (χ4v) is 1.64. The molecule has 6 heteroatoms. The Morgan fingerprint density at radius 3 is 2.75 bits per heavy atom. The molecule has 1 aromatic rings. The van der Waals surface area contributed by atoms with Crippen molar-refractivity contribution < 1.29 is 13.9 Å². The van der Waals surface area contributed by atoms with Gasteiger partial charge in [-0.2, -0.15) is 0 Å². The third-order valence-electron chi connectivity index (χ3n) is 2.01. The third kappa shape index (κ3) is 3.07. The summed E-state index contributed by atoms with van der Waals surface area (Å²) in [6.45, 7) is 0. The molecule has 0 aliphatic carbocycles. The Bertz CT molecular complexity index is 412. The van der Waals surface area contributed by atoms with Gasteiger partial charge in [-0.1, -0.05) is 23.2 Å². The summed E-state index contributed by atoms with van der Waals surface area (Å²) in [6, 6.07) is 1.67. The predicted molar refractivity (Wildman–Crippen MR) is 60.1 cm³/mol. The maximum absolute atomic E-state index is 13.2. The van der Waals surface area contributed by atoms with E-state index in [0.29, 0.717) is 5.56 Å². The van der Waals surface area contributed by atoms with Crippen molar-refractivity contribution in [1.82, 2.24) is 0 Å². The van der Waals surface area contributed by atoms with E-state index >= 15 is 0 Å². The molecule has 0 aliphatic rings. The minimum absolute atomic E-state index is 0.0724. The van der Waals surface area contributed by atoms with Crippen molar-refractivity contribution in [2.24, 2.45) is 5.73 Å². The van der Waals surface area contributed by atoms with Gasteiger partial charge < -0.3 is 10.5 Å². The topological polar surface area (TPSA) is 52.3 Å². The highest BCUT2D eigenvalue weighted by atomic mass is 35.5. The molecule has 0 radical (unpaired) electrons. The number of hydrogen-bond acceptors (Lipinski definition) is 3. The van der Waals surface area contributed by atoms with Crippen LogP contribution in [0.1, 0.15) is 5.56 Å².